The maximum Gasteiger partial charge on any atom is 0.270 e. The molecule has 1 aliphatic rings. The summed E-state index contributed by atoms with van der Waals surface area (Å²) in [5.41, 5.74) is -0.0675. The van der Waals surface area contributed by atoms with Gasteiger partial charge in [0.2, 0.25) is 5.91 Å². The summed E-state index contributed by atoms with van der Waals surface area (Å²) in [4.78, 5) is 37.7. The number of nitrogens with one attached hydrogen (secondary N) is 1. The van der Waals surface area contributed by atoms with E-state index in [1.54, 1.807) is 0 Å². The van der Waals surface area contributed by atoms with Crippen LogP contribution in [-0.2, 0) is 4.79 Å². The summed E-state index contributed by atoms with van der Waals surface area (Å²) in [6.07, 6.45) is 5.37. The molecule has 0 saturated carbocycles. The Morgan fingerprint density at radius 3 is 2.26 bits per heavy atom. The lowest BCUT2D eigenvalue weighted by molar-refractivity contribution is -0.384. The number of non-ortho nitro benzene ring substituents is 1. The molecule has 148 valence electrons. The molecule has 2 rings (SSSR count). The Morgan fingerprint density at radius 2 is 1.74 bits per heavy atom. The molecule has 1 fully saturated rings. The zero-order valence-corrected chi connectivity index (χ0v) is 16.5. The number of carbonyl (C=O) groups is 2. The molecule has 1 saturated heterocycles. The highest BCUT2D eigenvalue weighted by molar-refractivity contribution is 6.34. The number of amides is 2. The molecule has 0 aliphatic carbocycles. The summed E-state index contributed by atoms with van der Waals surface area (Å²) >= 11 is 6.04. The van der Waals surface area contributed by atoms with Crippen molar-refractivity contribution in [2.45, 2.75) is 52.0 Å². The summed E-state index contributed by atoms with van der Waals surface area (Å²) in [5.74, 6) is -0.684. The van der Waals surface area contributed by atoms with Crippen molar-refractivity contribution in [3.8, 4) is 0 Å². The van der Waals surface area contributed by atoms with E-state index >= 15 is 0 Å². The Hall–Kier alpha value is -2.15. The number of hydrogen-bond donors (Lipinski definition) is 1. The van der Waals surface area contributed by atoms with Gasteiger partial charge in [-0.15, -0.1) is 0 Å². The number of carbonyl (C=O) groups excluding carboxylic acids is 2. The van der Waals surface area contributed by atoms with Crippen LogP contribution in [0, 0.1) is 16.0 Å². The maximum absolute atomic E-state index is 13.0. The Kier molecular flexibility index (Phi) is 7.59. The molecule has 1 aliphatic heterocycles. The van der Waals surface area contributed by atoms with Crippen molar-refractivity contribution in [2.24, 2.45) is 5.92 Å². The number of nitrogens with zero attached hydrogens (tertiary/aromatic N) is 2. The van der Waals surface area contributed by atoms with E-state index in [4.69, 9.17) is 11.6 Å². The second-order valence-corrected chi connectivity index (χ2v) is 7.62. The third kappa shape index (κ3) is 5.66. The maximum atomic E-state index is 13.0. The first-order valence-corrected chi connectivity index (χ1v) is 9.72. The smallest absolute Gasteiger partial charge is 0.270 e. The highest BCUT2D eigenvalue weighted by Gasteiger charge is 2.29. The number of nitro benzene ring substituents is 1. The average Bonchev–Trinajstić information content (AvgIpc) is 2.58. The highest BCUT2D eigenvalue weighted by Crippen LogP contribution is 2.23. The predicted octanol–water partition coefficient (Wildman–Crippen LogP) is 3.80. The van der Waals surface area contributed by atoms with Crippen molar-refractivity contribution in [3.63, 3.8) is 0 Å². The molecule has 7 nitrogen and oxygen atoms in total. The number of likely N-dealkylation sites (tertiary alicyclic amines) is 1. The highest BCUT2D eigenvalue weighted by atomic mass is 35.5. The quantitative estimate of drug-likeness (QED) is 0.606. The van der Waals surface area contributed by atoms with Gasteiger partial charge in [-0.3, -0.25) is 19.7 Å². The monoisotopic (exact) mass is 395 g/mol. The van der Waals surface area contributed by atoms with E-state index in [2.05, 4.69) is 5.32 Å². The second kappa shape index (κ2) is 9.69. The molecule has 1 unspecified atom stereocenters. The summed E-state index contributed by atoms with van der Waals surface area (Å²) in [7, 11) is 0. The molecule has 1 heterocycles. The second-order valence-electron chi connectivity index (χ2n) is 7.21. The minimum atomic E-state index is -0.664. The molecular formula is C19H26ClN3O4. The fraction of sp³-hybridized carbons (Fsp3) is 0.579. The van der Waals surface area contributed by atoms with E-state index in [9.17, 15) is 19.7 Å². The standard InChI is InChI=1S/C19H26ClN3O4/c1-13(2)17(19(25)22-10-6-4-3-5-7-11-22)21-18(24)15-9-8-14(23(26)27)12-16(15)20/h8-9,12-13,17H,3-7,10-11H2,1-2H3,(H,21,24). The Morgan fingerprint density at radius 1 is 1.15 bits per heavy atom. The normalized spacial score (nSPS) is 16.4. The minimum absolute atomic E-state index is 0.0112. The minimum Gasteiger partial charge on any atom is -0.341 e. The van der Waals surface area contributed by atoms with E-state index in [0.717, 1.165) is 31.7 Å². The van der Waals surface area contributed by atoms with E-state index in [1.165, 1.54) is 18.6 Å². The van der Waals surface area contributed by atoms with Crippen molar-refractivity contribution in [2.75, 3.05) is 13.1 Å². The van der Waals surface area contributed by atoms with E-state index in [1.807, 2.05) is 18.7 Å². The number of rotatable bonds is 5. The van der Waals surface area contributed by atoms with Crippen molar-refractivity contribution in [1.82, 2.24) is 10.2 Å². The molecule has 1 aromatic carbocycles. The fourth-order valence-corrected chi connectivity index (χ4v) is 3.46. The van der Waals surface area contributed by atoms with Crippen molar-refractivity contribution < 1.29 is 14.5 Å². The predicted molar refractivity (Wildman–Crippen MR) is 104 cm³/mol. The lowest BCUT2D eigenvalue weighted by Gasteiger charge is -2.31. The average molecular weight is 396 g/mol. The van der Waals surface area contributed by atoms with E-state index < -0.39 is 16.9 Å². The van der Waals surface area contributed by atoms with Gasteiger partial charge in [-0.05, 0) is 24.8 Å². The molecule has 0 radical (unpaired) electrons. The van der Waals surface area contributed by atoms with Crippen LogP contribution < -0.4 is 5.32 Å². The van der Waals surface area contributed by atoms with Gasteiger partial charge in [-0.1, -0.05) is 44.7 Å². The molecular weight excluding hydrogens is 370 g/mol. The summed E-state index contributed by atoms with van der Waals surface area (Å²) in [5, 5.41) is 13.6. The summed E-state index contributed by atoms with van der Waals surface area (Å²) in [6, 6.07) is 3.02. The van der Waals surface area contributed by atoms with Crippen LogP contribution in [0.3, 0.4) is 0 Å². The van der Waals surface area contributed by atoms with E-state index in [0.29, 0.717) is 13.1 Å². The van der Waals surface area contributed by atoms with Gasteiger partial charge in [0.1, 0.15) is 6.04 Å². The SMILES string of the molecule is CC(C)C(NC(=O)c1ccc([N+](=O)[O-])cc1Cl)C(=O)N1CCCCCCC1. The Balaban J connectivity index is 2.13. The molecule has 1 atom stereocenters. The van der Waals surface area contributed by atoms with Crippen LogP contribution in [0.25, 0.3) is 0 Å². The molecule has 8 heteroatoms. The van der Waals surface area contributed by atoms with Gasteiger partial charge in [0, 0.05) is 25.2 Å². The van der Waals surface area contributed by atoms with Crippen LogP contribution in [0.4, 0.5) is 5.69 Å². The molecule has 1 N–H and O–H groups in total. The lowest BCUT2D eigenvalue weighted by Crippen LogP contribution is -2.51. The van der Waals surface area contributed by atoms with Gasteiger partial charge < -0.3 is 10.2 Å². The van der Waals surface area contributed by atoms with Gasteiger partial charge in [-0.25, -0.2) is 0 Å². The number of nitro groups is 1. The number of hydrogen-bond acceptors (Lipinski definition) is 4. The van der Waals surface area contributed by atoms with Gasteiger partial charge >= 0.3 is 0 Å². The van der Waals surface area contributed by atoms with E-state index in [-0.39, 0.29) is 28.1 Å². The van der Waals surface area contributed by atoms with Crippen LogP contribution in [-0.4, -0.2) is 40.8 Å². The Labute approximate surface area is 164 Å². The van der Waals surface area contributed by atoms with Gasteiger partial charge in [-0.2, -0.15) is 0 Å². The first-order valence-electron chi connectivity index (χ1n) is 9.35. The zero-order chi connectivity index (χ0) is 20.0. The van der Waals surface area contributed by atoms with Crippen LogP contribution in [0.5, 0.6) is 0 Å². The van der Waals surface area contributed by atoms with Gasteiger partial charge in [0.25, 0.3) is 11.6 Å². The van der Waals surface area contributed by atoms with Crippen LogP contribution >= 0.6 is 11.6 Å². The van der Waals surface area contributed by atoms with Crippen molar-refractivity contribution in [1.29, 1.82) is 0 Å². The lowest BCUT2D eigenvalue weighted by atomic mass is 10.0. The third-order valence-corrected chi connectivity index (χ3v) is 5.11. The molecule has 2 amide bonds. The van der Waals surface area contributed by atoms with Crippen molar-refractivity contribution >= 4 is 29.1 Å². The van der Waals surface area contributed by atoms with Crippen LogP contribution in [0.15, 0.2) is 18.2 Å². The third-order valence-electron chi connectivity index (χ3n) is 4.80. The first kappa shape index (κ1) is 21.2. The zero-order valence-electron chi connectivity index (χ0n) is 15.7. The molecule has 0 spiro atoms. The largest absolute Gasteiger partial charge is 0.341 e. The van der Waals surface area contributed by atoms with Crippen LogP contribution in [0.1, 0.15) is 56.3 Å². The molecule has 0 bridgehead atoms. The molecule has 0 aromatic heterocycles. The first-order chi connectivity index (χ1) is 12.8. The molecule has 27 heavy (non-hydrogen) atoms. The number of benzene rings is 1. The Bertz CT molecular complexity index is 700. The topological polar surface area (TPSA) is 92.5 Å². The molecule has 1 aromatic rings. The number of halogens is 1. The summed E-state index contributed by atoms with van der Waals surface area (Å²) < 4.78 is 0. The summed E-state index contributed by atoms with van der Waals surface area (Å²) in [6.45, 7) is 5.17. The van der Waals surface area contributed by atoms with Gasteiger partial charge in [0.05, 0.1) is 15.5 Å². The van der Waals surface area contributed by atoms with Gasteiger partial charge in [0.15, 0.2) is 0 Å². The fourth-order valence-electron chi connectivity index (χ4n) is 3.20. The van der Waals surface area contributed by atoms with Crippen molar-refractivity contribution in [3.05, 3.63) is 38.9 Å². The van der Waals surface area contributed by atoms with Crippen LogP contribution in [0.2, 0.25) is 5.02 Å².